The van der Waals surface area contributed by atoms with Crippen molar-refractivity contribution in [2.45, 2.75) is 26.9 Å². The average molecular weight is 431 g/mol. The summed E-state index contributed by atoms with van der Waals surface area (Å²) in [5, 5.41) is 2.54. The quantitative estimate of drug-likeness (QED) is 0.115. The molecule has 30 heavy (non-hydrogen) atoms. The number of carbonyl (C=O) groups excluding carboxylic acids is 2. The Morgan fingerprint density at radius 1 is 0.800 bits per heavy atom. The molecule has 0 aliphatic rings. The molecule has 0 heterocycles. The lowest BCUT2D eigenvalue weighted by Gasteiger charge is -2.19. The van der Waals surface area contributed by atoms with Gasteiger partial charge in [0.2, 0.25) is 0 Å². The summed E-state index contributed by atoms with van der Waals surface area (Å²) in [6.07, 6.45) is -1.35. The maximum atomic E-state index is 11.9. The summed E-state index contributed by atoms with van der Waals surface area (Å²) in [5.74, 6) is 0.537. The summed E-state index contributed by atoms with van der Waals surface area (Å²) < 4.78 is 36.1. The molecule has 0 rings (SSSR count). The van der Waals surface area contributed by atoms with Gasteiger partial charge in [-0.25, -0.2) is 9.59 Å². The number of carbonyl (C=O) groups is 2. The fourth-order valence-electron chi connectivity index (χ4n) is 1.60. The topological polar surface area (TPSA) is 111 Å². The van der Waals surface area contributed by atoms with E-state index in [1.165, 1.54) is 0 Å². The molecule has 1 N–H and O–H groups in total. The first-order valence-electron chi connectivity index (χ1n) is 9.29. The zero-order valence-corrected chi connectivity index (χ0v) is 18.0. The molecule has 10 heteroatoms. The summed E-state index contributed by atoms with van der Waals surface area (Å²) >= 11 is 0. The molecule has 0 saturated carbocycles. The second-order valence-corrected chi connectivity index (χ2v) is 6.15. The minimum Gasteiger partial charge on any atom is -0.473 e. The van der Waals surface area contributed by atoms with Crippen molar-refractivity contribution in [2.75, 3.05) is 53.2 Å². The Kier molecular flexibility index (Phi) is 15.8. The first-order valence-corrected chi connectivity index (χ1v) is 9.29. The molecule has 0 spiro atoms. The van der Waals surface area contributed by atoms with Gasteiger partial charge in [-0.15, -0.1) is 0 Å². The largest absolute Gasteiger partial charge is 0.473 e. The summed E-state index contributed by atoms with van der Waals surface area (Å²) in [4.78, 5) is 23.1. The molecule has 0 radical (unpaired) electrons. The molecule has 0 aromatic rings. The van der Waals surface area contributed by atoms with Crippen molar-refractivity contribution in [3.05, 3.63) is 36.8 Å². The maximum absolute atomic E-state index is 11.9. The van der Waals surface area contributed by atoms with E-state index in [4.69, 9.17) is 33.2 Å². The number of esters is 1. The third-order valence-electron chi connectivity index (χ3n) is 2.98. The highest BCUT2D eigenvalue weighted by Gasteiger charge is 2.15. The van der Waals surface area contributed by atoms with Crippen molar-refractivity contribution >= 4 is 12.1 Å². The minimum atomic E-state index is -0.685. The van der Waals surface area contributed by atoms with Gasteiger partial charge in [0.05, 0.1) is 37.9 Å². The number of alkyl carbamates (subject to hydrolysis) is 1. The van der Waals surface area contributed by atoms with Crippen LogP contribution in [-0.4, -0.2) is 71.3 Å². The maximum Gasteiger partial charge on any atom is 0.407 e. The predicted octanol–water partition coefficient (Wildman–Crippen LogP) is 2.27. The molecule has 172 valence electrons. The van der Waals surface area contributed by atoms with Crippen molar-refractivity contribution in [1.29, 1.82) is 0 Å². The Morgan fingerprint density at radius 2 is 1.37 bits per heavy atom. The van der Waals surface area contributed by atoms with Crippen LogP contribution in [0.15, 0.2) is 36.8 Å². The van der Waals surface area contributed by atoms with Crippen LogP contribution in [0.4, 0.5) is 4.79 Å². The van der Waals surface area contributed by atoms with Crippen LogP contribution in [0, 0.1) is 0 Å². The standard InChI is InChI=1S/C20H33NO9/c1-15(2)19(22)27-10-9-24-8-7-21-20(23)30-18(11-25-13-28-16(3)4)12-26-14-29-17(5)6/h18H,1,3,5,7-14H2,2,4,6H3,(H,21,23). The third kappa shape index (κ3) is 17.5. The second-order valence-electron chi connectivity index (χ2n) is 6.15. The number of rotatable bonds is 18. The fourth-order valence-corrected chi connectivity index (χ4v) is 1.60. The average Bonchev–Trinajstić information content (AvgIpc) is 2.66. The minimum absolute atomic E-state index is 0.0249. The lowest BCUT2D eigenvalue weighted by molar-refractivity contribution is -0.140. The van der Waals surface area contributed by atoms with E-state index in [1.54, 1.807) is 20.8 Å². The van der Waals surface area contributed by atoms with E-state index < -0.39 is 18.2 Å². The lowest BCUT2D eigenvalue weighted by Crippen LogP contribution is -2.36. The molecule has 10 nitrogen and oxygen atoms in total. The van der Waals surface area contributed by atoms with Crippen molar-refractivity contribution in [1.82, 2.24) is 5.32 Å². The van der Waals surface area contributed by atoms with Crippen molar-refractivity contribution in [2.24, 2.45) is 0 Å². The molecule has 0 bridgehead atoms. The monoisotopic (exact) mass is 431 g/mol. The second kappa shape index (κ2) is 17.3. The Morgan fingerprint density at radius 3 is 1.87 bits per heavy atom. The molecule has 0 aromatic carbocycles. The third-order valence-corrected chi connectivity index (χ3v) is 2.98. The molecule has 0 aliphatic carbocycles. The molecule has 1 amide bonds. The van der Waals surface area contributed by atoms with Crippen LogP contribution in [0.5, 0.6) is 0 Å². The first-order chi connectivity index (χ1) is 14.2. The SMILES string of the molecule is C=C(C)OCOCC(COCOC(=C)C)OC(=O)NCCOCCOC(=O)C(=C)C. The van der Waals surface area contributed by atoms with Gasteiger partial charge in [-0.1, -0.05) is 19.7 Å². The number of ether oxygens (including phenoxy) is 7. The van der Waals surface area contributed by atoms with E-state index in [9.17, 15) is 9.59 Å². The van der Waals surface area contributed by atoms with E-state index in [1.807, 2.05) is 0 Å². The lowest BCUT2D eigenvalue weighted by atomic mass is 10.4. The highest BCUT2D eigenvalue weighted by Crippen LogP contribution is 2.00. The van der Waals surface area contributed by atoms with Gasteiger partial charge >= 0.3 is 12.1 Å². The Hall–Kier alpha value is -2.56. The molecule has 0 unspecified atom stereocenters. The van der Waals surface area contributed by atoms with E-state index in [2.05, 4.69) is 25.1 Å². The van der Waals surface area contributed by atoms with Crippen LogP contribution >= 0.6 is 0 Å². The van der Waals surface area contributed by atoms with Crippen LogP contribution in [-0.2, 0) is 38.0 Å². The number of allylic oxidation sites excluding steroid dienone is 2. The normalized spacial score (nSPS) is 10.3. The molecule has 0 atom stereocenters. The van der Waals surface area contributed by atoms with Gasteiger partial charge in [0, 0.05) is 12.1 Å². The summed E-state index contributed by atoms with van der Waals surface area (Å²) in [5.41, 5.74) is 0.319. The van der Waals surface area contributed by atoms with Crippen molar-refractivity contribution in [3.8, 4) is 0 Å². The predicted molar refractivity (Wildman–Crippen MR) is 108 cm³/mol. The smallest absolute Gasteiger partial charge is 0.407 e. The molecule has 0 saturated heterocycles. The highest BCUT2D eigenvalue weighted by molar-refractivity contribution is 5.86. The number of nitrogens with one attached hydrogen (secondary N) is 1. The molecule has 0 fully saturated rings. The van der Waals surface area contributed by atoms with E-state index in [0.717, 1.165) is 0 Å². The zero-order chi connectivity index (χ0) is 22.8. The summed E-state index contributed by atoms with van der Waals surface area (Å²) in [7, 11) is 0. The molecule has 0 aromatic heterocycles. The van der Waals surface area contributed by atoms with Gasteiger partial charge < -0.3 is 38.5 Å². The van der Waals surface area contributed by atoms with Gasteiger partial charge in [0.1, 0.15) is 6.61 Å². The van der Waals surface area contributed by atoms with E-state index >= 15 is 0 Å². The number of hydrogen-bond donors (Lipinski definition) is 1. The van der Waals surface area contributed by atoms with Crippen LogP contribution in [0.2, 0.25) is 0 Å². The van der Waals surface area contributed by atoms with Gasteiger partial charge in [0.15, 0.2) is 19.7 Å². The summed E-state index contributed by atoms with van der Waals surface area (Å²) in [6.45, 7) is 16.4. The van der Waals surface area contributed by atoms with Gasteiger partial charge in [-0.2, -0.15) is 0 Å². The summed E-state index contributed by atoms with van der Waals surface area (Å²) in [6, 6.07) is 0. The van der Waals surface area contributed by atoms with Crippen LogP contribution in [0.25, 0.3) is 0 Å². The van der Waals surface area contributed by atoms with E-state index in [-0.39, 0.29) is 53.2 Å². The Labute approximate surface area is 177 Å². The first kappa shape index (κ1) is 27.4. The van der Waals surface area contributed by atoms with Gasteiger partial charge in [-0.05, 0) is 20.8 Å². The Bertz CT molecular complexity index is 540. The Balaban J connectivity index is 4.06. The fraction of sp³-hybridized carbons (Fsp3) is 0.600. The number of hydrogen-bond acceptors (Lipinski definition) is 9. The van der Waals surface area contributed by atoms with Gasteiger partial charge in [-0.3, -0.25) is 0 Å². The van der Waals surface area contributed by atoms with Crippen molar-refractivity contribution < 1.29 is 42.7 Å². The molecular formula is C20H33NO9. The molecule has 0 aliphatic heterocycles. The number of amides is 1. The van der Waals surface area contributed by atoms with Crippen LogP contribution in [0.1, 0.15) is 20.8 Å². The van der Waals surface area contributed by atoms with Crippen LogP contribution in [0.3, 0.4) is 0 Å². The molecular weight excluding hydrogens is 398 g/mol. The van der Waals surface area contributed by atoms with E-state index in [0.29, 0.717) is 17.1 Å². The zero-order valence-electron chi connectivity index (χ0n) is 18.0. The van der Waals surface area contributed by atoms with Gasteiger partial charge in [0.25, 0.3) is 0 Å². The van der Waals surface area contributed by atoms with Crippen molar-refractivity contribution in [3.63, 3.8) is 0 Å². The van der Waals surface area contributed by atoms with Crippen LogP contribution < -0.4 is 5.32 Å². The highest BCUT2D eigenvalue weighted by atomic mass is 16.7.